The highest BCUT2D eigenvalue weighted by Crippen LogP contribution is 2.40. The molecule has 0 spiro atoms. The third kappa shape index (κ3) is 5.08. The first-order valence-corrected chi connectivity index (χ1v) is 12.5. The molecule has 2 aromatic heterocycles. The van der Waals surface area contributed by atoms with E-state index in [9.17, 15) is 9.59 Å². The molecule has 0 aliphatic carbocycles. The molecule has 0 radical (unpaired) electrons. The Morgan fingerprint density at radius 2 is 1.77 bits per heavy atom. The fourth-order valence-electron chi connectivity index (χ4n) is 3.68. The zero-order chi connectivity index (χ0) is 24.9. The summed E-state index contributed by atoms with van der Waals surface area (Å²) in [7, 11) is 4.78. The first kappa shape index (κ1) is 24.5. The second-order valence-electron chi connectivity index (χ2n) is 7.50. The smallest absolute Gasteiger partial charge is 0.341 e. The van der Waals surface area contributed by atoms with Gasteiger partial charge in [-0.1, -0.05) is 54.2 Å². The van der Waals surface area contributed by atoms with Gasteiger partial charge in [0, 0.05) is 17.5 Å². The summed E-state index contributed by atoms with van der Waals surface area (Å²) in [5.41, 5.74) is 2.82. The number of para-hydroxylation sites is 1. The molecule has 4 rings (SSSR count). The second-order valence-corrected chi connectivity index (χ2v) is 9.66. The molecule has 2 aromatic carbocycles. The van der Waals surface area contributed by atoms with Crippen LogP contribution in [0.1, 0.15) is 15.2 Å². The number of hydrogen-bond donors (Lipinski definition) is 1. The number of thiophene rings is 1. The third-order valence-corrected chi connectivity index (χ3v) is 7.35. The van der Waals surface area contributed by atoms with Gasteiger partial charge in [0.25, 0.3) is 0 Å². The van der Waals surface area contributed by atoms with Crippen molar-refractivity contribution in [3.05, 3.63) is 65.0 Å². The van der Waals surface area contributed by atoms with Gasteiger partial charge in [-0.3, -0.25) is 4.79 Å². The van der Waals surface area contributed by atoms with Gasteiger partial charge >= 0.3 is 5.97 Å². The molecule has 180 valence electrons. The molecule has 0 saturated carbocycles. The summed E-state index contributed by atoms with van der Waals surface area (Å²) in [6.07, 6.45) is 0. The van der Waals surface area contributed by atoms with Gasteiger partial charge in [-0.2, -0.15) is 0 Å². The lowest BCUT2D eigenvalue weighted by Gasteiger charge is -2.09. The summed E-state index contributed by atoms with van der Waals surface area (Å²) in [5.74, 6) is 0.666. The molecule has 0 aliphatic heterocycles. The number of rotatable bonds is 8. The molecule has 2 heterocycles. The van der Waals surface area contributed by atoms with Crippen LogP contribution in [0.15, 0.2) is 59.8 Å². The molecule has 0 fully saturated rings. The molecule has 0 saturated heterocycles. The van der Waals surface area contributed by atoms with E-state index in [1.54, 1.807) is 7.11 Å². The average molecular weight is 509 g/mol. The van der Waals surface area contributed by atoms with Gasteiger partial charge in [0.05, 0.1) is 25.5 Å². The van der Waals surface area contributed by atoms with Crippen LogP contribution in [-0.4, -0.2) is 46.6 Å². The van der Waals surface area contributed by atoms with Crippen LogP contribution in [0.4, 0.5) is 5.00 Å². The topological polar surface area (TPSA) is 95.3 Å². The van der Waals surface area contributed by atoms with Gasteiger partial charge in [0.15, 0.2) is 11.0 Å². The molecular weight excluding hydrogens is 484 g/mol. The molecule has 0 bridgehead atoms. The Morgan fingerprint density at radius 1 is 1.06 bits per heavy atom. The Balaban J connectivity index is 1.52. The Morgan fingerprint density at radius 3 is 2.49 bits per heavy atom. The summed E-state index contributed by atoms with van der Waals surface area (Å²) < 4.78 is 12.3. The van der Waals surface area contributed by atoms with E-state index in [1.165, 1.54) is 30.2 Å². The number of esters is 1. The van der Waals surface area contributed by atoms with Gasteiger partial charge in [-0.25, -0.2) is 4.79 Å². The lowest BCUT2D eigenvalue weighted by molar-refractivity contribution is -0.113. The van der Waals surface area contributed by atoms with Crippen molar-refractivity contribution in [3.63, 3.8) is 0 Å². The molecule has 0 aliphatic rings. The highest BCUT2D eigenvalue weighted by Gasteiger charge is 2.25. The van der Waals surface area contributed by atoms with Crippen molar-refractivity contribution in [2.24, 2.45) is 7.05 Å². The maximum Gasteiger partial charge on any atom is 0.341 e. The van der Waals surface area contributed by atoms with E-state index in [2.05, 4.69) is 15.5 Å². The highest BCUT2D eigenvalue weighted by atomic mass is 32.2. The molecule has 0 unspecified atom stereocenters. The maximum absolute atomic E-state index is 12.8. The minimum absolute atomic E-state index is 0.0934. The number of anilines is 1. The number of benzene rings is 2. The van der Waals surface area contributed by atoms with Gasteiger partial charge in [-0.15, -0.1) is 21.5 Å². The minimum atomic E-state index is -0.495. The van der Waals surface area contributed by atoms with Crippen molar-refractivity contribution >= 4 is 40.0 Å². The van der Waals surface area contributed by atoms with E-state index >= 15 is 0 Å². The lowest BCUT2D eigenvalue weighted by atomic mass is 10.0. The summed E-state index contributed by atoms with van der Waals surface area (Å²) in [6.45, 7) is 1.92. The molecule has 35 heavy (non-hydrogen) atoms. The number of hydrogen-bond acceptors (Lipinski definition) is 8. The molecular formula is C25H24N4O4S2. The third-order valence-electron chi connectivity index (χ3n) is 5.30. The maximum atomic E-state index is 12.8. The van der Waals surface area contributed by atoms with Gasteiger partial charge in [0.1, 0.15) is 16.3 Å². The van der Waals surface area contributed by atoms with Crippen molar-refractivity contribution in [2.75, 3.05) is 25.3 Å². The largest absolute Gasteiger partial charge is 0.496 e. The minimum Gasteiger partial charge on any atom is -0.496 e. The van der Waals surface area contributed by atoms with Crippen LogP contribution in [0.2, 0.25) is 0 Å². The number of nitrogens with one attached hydrogen (secondary N) is 1. The van der Waals surface area contributed by atoms with Crippen LogP contribution in [0, 0.1) is 6.92 Å². The van der Waals surface area contributed by atoms with E-state index in [0.717, 1.165) is 21.6 Å². The molecule has 1 N–H and O–H groups in total. The summed E-state index contributed by atoms with van der Waals surface area (Å²) in [6, 6.07) is 17.1. The number of amides is 1. The van der Waals surface area contributed by atoms with Crippen molar-refractivity contribution < 1.29 is 19.1 Å². The normalized spacial score (nSPS) is 10.7. The number of aromatic nitrogens is 3. The zero-order valence-corrected chi connectivity index (χ0v) is 21.3. The Labute approximate surface area is 211 Å². The predicted molar refractivity (Wildman–Crippen MR) is 138 cm³/mol. The molecule has 0 atom stereocenters. The second kappa shape index (κ2) is 10.7. The van der Waals surface area contributed by atoms with E-state index in [4.69, 9.17) is 9.47 Å². The number of thioether (sulfide) groups is 1. The van der Waals surface area contributed by atoms with Crippen molar-refractivity contribution in [2.45, 2.75) is 12.1 Å². The van der Waals surface area contributed by atoms with Crippen LogP contribution < -0.4 is 10.1 Å². The van der Waals surface area contributed by atoms with E-state index in [0.29, 0.717) is 27.3 Å². The molecule has 1 amide bonds. The lowest BCUT2D eigenvalue weighted by Crippen LogP contribution is -2.16. The number of carbonyl (C=O) groups is 2. The Kier molecular flexibility index (Phi) is 7.52. The summed E-state index contributed by atoms with van der Waals surface area (Å²) in [4.78, 5) is 26.4. The van der Waals surface area contributed by atoms with Crippen LogP contribution in [0.3, 0.4) is 0 Å². The zero-order valence-electron chi connectivity index (χ0n) is 19.7. The quantitative estimate of drug-likeness (QED) is 0.263. The predicted octanol–water partition coefficient (Wildman–Crippen LogP) is 5.05. The van der Waals surface area contributed by atoms with Gasteiger partial charge in [-0.05, 0) is 24.6 Å². The Hall–Kier alpha value is -3.63. The highest BCUT2D eigenvalue weighted by molar-refractivity contribution is 7.99. The molecule has 8 nitrogen and oxygen atoms in total. The van der Waals surface area contributed by atoms with Crippen molar-refractivity contribution in [3.8, 4) is 28.3 Å². The van der Waals surface area contributed by atoms with Crippen LogP contribution in [0.25, 0.3) is 22.5 Å². The first-order chi connectivity index (χ1) is 16.9. The van der Waals surface area contributed by atoms with Crippen molar-refractivity contribution in [1.82, 2.24) is 14.8 Å². The number of ether oxygens (including phenoxy) is 2. The van der Waals surface area contributed by atoms with Gasteiger partial charge < -0.3 is 19.4 Å². The number of nitrogens with zero attached hydrogens (tertiary/aromatic N) is 3. The fraction of sp³-hybridized carbons (Fsp3) is 0.200. The summed E-state index contributed by atoms with van der Waals surface area (Å²) >= 11 is 2.60. The average Bonchev–Trinajstić information content (AvgIpc) is 3.41. The van der Waals surface area contributed by atoms with Crippen LogP contribution in [0.5, 0.6) is 5.75 Å². The number of aryl methyl sites for hydroxylation is 1. The molecule has 10 heteroatoms. The van der Waals surface area contributed by atoms with E-state index < -0.39 is 5.97 Å². The van der Waals surface area contributed by atoms with Crippen LogP contribution in [-0.2, 0) is 16.6 Å². The van der Waals surface area contributed by atoms with Gasteiger partial charge in [0.2, 0.25) is 5.91 Å². The van der Waals surface area contributed by atoms with Crippen LogP contribution >= 0.6 is 23.1 Å². The van der Waals surface area contributed by atoms with Crippen molar-refractivity contribution in [1.29, 1.82) is 0 Å². The van der Waals surface area contributed by atoms with E-state index in [1.807, 2.05) is 73.1 Å². The fourth-order valence-corrected chi connectivity index (χ4v) is 5.47. The monoisotopic (exact) mass is 508 g/mol. The van der Waals surface area contributed by atoms with E-state index in [-0.39, 0.29) is 11.7 Å². The Bertz CT molecular complexity index is 1370. The molecule has 4 aromatic rings. The number of carbonyl (C=O) groups excluding carboxylic acids is 2. The summed E-state index contributed by atoms with van der Waals surface area (Å²) in [5, 5.41) is 12.4. The first-order valence-electron chi connectivity index (χ1n) is 10.7. The number of methoxy groups -OCH3 is 2. The SMILES string of the molecule is COC(=O)c1c(NC(=O)CSc2nnc(-c3ccccc3OC)n2C)sc(C)c1-c1ccccc1. The standard InChI is InChI=1S/C25H24N4O4S2/c1-15-20(16-10-6-5-7-11-16)21(24(31)33-4)23(35-15)26-19(30)14-34-25-28-27-22(29(25)2)17-12-8-9-13-18(17)32-3/h5-13H,14H2,1-4H3,(H,26,30).